The smallest absolute Gasteiger partial charge is 0.308 e. The van der Waals surface area contributed by atoms with Crippen LogP contribution in [0, 0.1) is 0 Å². The lowest BCUT2D eigenvalue weighted by Gasteiger charge is -2.16. The lowest BCUT2D eigenvalue weighted by Crippen LogP contribution is -2.16. The number of rotatable bonds is 5. The highest BCUT2D eigenvalue weighted by molar-refractivity contribution is 7.18. The van der Waals surface area contributed by atoms with E-state index in [0.717, 1.165) is 10.7 Å². The third-order valence-corrected chi connectivity index (χ3v) is 4.81. The maximum absolute atomic E-state index is 12.7. The number of anilines is 1. The summed E-state index contributed by atoms with van der Waals surface area (Å²) in [5.41, 5.74) is 0.883. The van der Waals surface area contributed by atoms with Crippen molar-refractivity contribution in [3.05, 3.63) is 42.1 Å². The number of hydrogen-bond acceptors (Lipinski definition) is 8. The summed E-state index contributed by atoms with van der Waals surface area (Å²) in [7, 11) is 1.44. The van der Waals surface area contributed by atoms with Gasteiger partial charge in [0.2, 0.25) is 0 Å². The first-order chi connectivity index (χ1) is 13.7. The van der Waals surface area contributed by atoms with Crippen LogP contribution in [0.1, 0.15) is 43.7 Å². The molecule has 1 aromatic carbocycles. The SMILES string of the molecule is COc1cc(C(=O)Nc2nc(C(C)(C)C)c(-n3cncn3)s2)ccc1OC(C)=O. The van der Waals surface area contributed by atoms with Gasteiger partial charge in [-0.1, -0.05) is 32.1 Å². The Kier molecular flexibility index (Phi) is 5.64. The van der Waals surface area contributed by atoms with Crippen molar-refractivity contribution in [2.75, 3.05) is 12.4 Å². The maximum Gasteiger partial charge on any atom is 0.308 e. The Balaban J connectivity index is 1.88. The van der Waals surface area contributed by atoms with Crippen LogP contribution in [0.2, 0.25) is 0 Å². The molecule has 0 fully saturated rings. The van der Waals surface area contributed by atoms with E-state index in [-0.39, 0.29) is 22.8 Å². The minimum Gasteiger partial charge on any atom is -0.493 e. The van der Waals surface area contributed by atoms with E-state index in [2.05, 4.69) is 20.4 Å². The van der Waals surface area contributed by atoms with Gasteiger partial charge in [-0.2, -0.15) is 5.10 Å². The molecule has 0 saturated heterocycles. The number of thiazole rings is 1. The van der Waals surface area contributed by atoms with Gasteiger partial charge in [-0.05, 0) is 18.2 Å². The molecular weight excluding hydrogens is 394 g/mol. The van der Waals surface area contributed by atoms with E-state index in [0.29, 0.717) is 10.7 Å². The fourth-order valence-corrected chi connectivity index (χ4v) is 3.64. The normalized spacial score (nSPS) is 11.2. The Morgan fingerprint density at radius 2 is 1.97 bits per heavy atom. The first-order valence-corrected chi connectivity index (χ1v) is 9.55. The number of ether oxygens (including phenoxy) is 2. The highest BCUT2D eigenvalue weighted by Crippen LogP contribution is 2.35. The van der Waals surface area contributed by atoms with E-state index < -0.39 is 5.97 Å². The number of methoxy groups -OCH3 is 1. The standard InChI is InChI=1S/C19H21N5O4S/c1-11(25)28-13-7-6-12(8-14(13)27-5)16(26)23-18-22-15(19(2,3)4)17(29-18)24-10-20-9-21-24/h6-10H,1-5H3,(H,22,23,26). The van der Waals surface area contributed by atoms with Gasteiger partial charge in [0.1, 0.15) is 17.7 Å². The zero-order chi connectivity index (χ0) is 21.2. The second-order valence-corrected chi connectivity index (χ2v) is 8.15. The van der Waals surface area contributed by atoms with E-state index in [1.807, 2.05) is 20.8 Å². The first kappa shape index (κ1) is 20.5. The molecule has 0 bridgehead atoms. The van der Waals surface area contributed by atoms with Crippen LogP contribution in [0.4, 0.5) is 5.13 Å². The summed E-state index contributed by atoms with van der Waals surface area (Å²) in [6.07, 6.45) is 3.04. The summed E-state index contributed by atoms with van der Waals surface area (Å²) in [4.78, 5) is 32.5. The van der Waals surface area contributed by atoms with Gasteiger partial charge < -0.3 is 9.47 Å². The Labute approximate surface area is 171 Å². The topological polar surface area (TPSA) is 108 Å². The van der Waals surface area contributed by atoms with E-state index >= 15 is 0 Å². The Bertz CT molecular complexity index is 1040. The quantitative estimate of drug-likeness (QED) is 0.503. The van der Waals surface area contributed by atoms with Gasteiger partial charge in [0, 0.05) is 17.9 Å². The summed E-state index contributed by atoms with van der Waals surface area (Å²) in [6, 6.07) is 4.56. The fraction of sp³-hybridized carbons (Fsp3) is 0.316. The monoisotopic (exact) mass is 415 g/mol. The van der Waals surface area contributed by atoms with Gasteiger partial charge in [0.05, 0.1) is 12.8 Å². The molecule has 152 valence electrons. The van der Waals surface area contributed by atoms with Crippen LogP contribution in [0.3, 0.4) is 0 Å². The number of amides is 1. The molecule has 0 atom stereocenters. The number of carbonyl (C=O) groups excluding carboxylic acids is 2. The molecule has 29 heavy (non-hydrogen) atoms. The minimum absolute atomic E-state index is 0.245. The summed E-state index contributed by atoms with van der Waals surface area (Å²) in [6.45, 7) is 7.40. The van der Waals surface area contributed by atoms with Crippen molar-refractivity contribution in [1.29, 1.82) is 0 Å². The zero-order valence-corrected chi connectivity index (χ0v) is 17.5. The molecule has 9 nitrogen and oxygen atoms in total. The summed E-state index contributed by atoms with van der Waals surface area (Å²) in [5.74, 6) is -0.310. The van der Waals surface area contributed by atoms with E-state index in [4.69, 9.17) is 9.47 Å². The molecule has 0 aliphatic rings. The molecule has 0 radical (unpaired) electrons. The summed E-state index contributed by atoms with van der Waals surface area (Å²) < 4.78 is 11.9. The highest BCUT2D eigenvalue weighted by Gasteiger charge is 2.26. The third-order valence-electron chi connectivity index (χ3n) is 3.85. The second kappa shape index (κ2) is 8.00. The van der Waals surface area contributed by atoms with Crippen molar-refractivity contribution in [3.8, 4) is 16.5 Å². The molecule has 0 unspecified atom stereocenters. The fourth-order valence-electron chi connectivity index (χ4n) is 2.54. The Hall–Kier alpha value is -3.27. The average Bonchev–Trinajstić information content (AvgIpc) is 3.30. The van der Waals surface area contributed by atoms with E-state index in [1.165, 1.54) is 43.8 Å². The van der Waals surface area contributed by atoms with Crippen LogP contribution < -0.4 is 14.8 Å². The van der Waals surface area contributed by atoms with Gasteiger partial charge >= 0.3 is 5.97 Å². The van der Waals surface area contributed by atoms with E-state index in [9.17, 15) is 9.59 Å². The maximum atomic E-state index is 12.7. The van der Waals surface area contributed by atoms with Crippen molar-refractivity contribution in [2.24, 2.45) is 0 Å². The van der Waals surface area contributed by atoms with Crippen LogP contribution in [-0.4, -0.2) is 38.7 Å². The van der Waals surface area contributed by atoms with Crippen molar-refractivity contribution in [2.45, 2.75) is 33.1 Å². The van der Waals surface area contributed by atoms with Crippen LogP contribution in [0.15, 0.2) is 30.9 Å². The van der Waals surface area contributed by atoms with E-state index in [1.54, 1.807) is 17.1 Å². The molecule has 0 spiro atoms. The lowest BCUT2D eigenvalue weighted by atomic mass is 9.92. The number of carbonyl (C=O) groups is 2. The van der Waals surface area contributed by atoms with Gasteiger partial charge in [-0.3, -0.25) is 14.9 Å². The summed E-state index contributed by atoms with van der Waals surface area (Å²) in [5, 5.41) is 8.20. The third kappa shape index (κ3) is 4.60. The number of aromatic nitrogens is 4. The first-order valence-electron chi connectivity index (χ1n) is 8.73. The lowest BCUT2D eigenvalue weighted by molar-refractivity contribution is -0.132. The van der Waals surface area contributed by atoms with Crippen molar-refractivity contribution >= 4 is 28.3 Å². The molecule has 0 aliphatic carbocycles. The largest absolute Gasteiger partial charge is 0.493 e. The van der Waals surface area contributed by atoms with Crippen LogP contribution in [0.5, 0.6) is 11.5 Å². The summed E-state index contributed by atoms with van der Waals surface area (Å²) >= 11 is 1.31. The number of hydrogen-bond donors (Lipinski definition) is 1. The van der Waals surface area contributed by atoms with Gasteiger partial charge in [-0.25, -0.2) is 14.6 Å². The molecule has 0 saturated carbocycles. The number of nitrogens with zero attached hydrogens (tertiary/aromatic N) is 4. The van der Waals surface area contributed by atoms with Crippen LogP contribution in [-0.2, 0) is 10.2 Å². The minimum atomic E-state index is -0.473. The van der Waals surface area contributed by atoms with Crippen LogP contribution in [0.25, 0.3) is 5.00 Å². The number of esters is 1. The average molecular weight is 415 g/mol. The Morgan fingerprint density at radius 1 is 1.21 bits per heavy atom. The van der Waals surface area contributed by atoms with Gasteiger partial charge in [-0.15, -0.1) is 0 Å². The van der Waals surface area contributed by atoms with Gasteiger partial charge in [0.25, 0.3) is 5.91 Å². The molecule has 3 rings (SSSR count). The zero-order valence-electron chi connectivity index (χ0n) is 16.7. The predicted molar refractivity (Wildman–Crippen MR) is 108 cm³/mol. The van der Waals surface area contributed by atoms with Gasteiger partial charge in [0.15, 0.2) is 16.6 Å². The molecule has 10 heteroatoms. The van der Waals surface area contributed by atoms with Crippen molar-refractivity contribution < 1.29 is 19.1 Å². The predicted octanol–water partition coefficient (Wildman–Crippen LogP) is 3.21. The molecule has 1 N–H and O–H groups in total. The number of benzene rings is 1. The molecular formula is C19H21N5O4S. The molecule has 1 amide bonds. The van der Waals surface area contributed by atoms with Crippen LogP contribution >= 0.6 is 11.3 Å². The molecule has 2 heterocycles. The molecule has 3 aromatic rings. The van der Waals surface area contributed by atoms with Crippen molar-refractivity contribution in [3.63, 3.8) is 0 Å². The number of nitrogens with one attached hydrogen (secondary N) is 1. The molecule has 2 aromatic heterocycles. The van der Waals surface area contributed by atoms with Crippen molar-refractivity contribution in [1.82, 2.24) is 19.7 Å². The highest BCUT2D eigenvalue weighted by atomic mass is 32.1. The Morgan fingerprint density at radius 3 is 2.55 bits per heavy atom. The molecule has 0 aliphatic heterocycles. The second-order valence-electron chi connectivity index (χ2n) is 7.18.